The van der Waals surface area contributed by atoms with Gasteiger partial charge in [-0.15, -0.1) is 0 Å². The molecule has 0 radical (unpaired) electrons. The summed E-state index contributed by atoms with van der Waals surface area (Å²) in [6.45, 7) is 0. The molecule has 2 N–H and O–H groups in total. The van der Waals surface area contributed by atoms with Gasteiger partial charge >= 0.3 is 0 Å². The number of ketones is 1. The van der Waals surface area contributed by atoms with E-state index in [0.29, 0.717) is 10.0 Å². The number of hydrogen-bond donors (Lipinski definition) is 1. The van der Waals surface area contributed by atoms with Crippen molar-refractivity contribution >= 4 is 31.7 Å². The van der Waals surface area contributed by atoms with E-state index in [1.165, 1.54) is 42.5 Å². The Balaban J connectivity index is 2.43. The minimum Gasteiger partial charge on any atom is -0.289 e. The predicted molar refractivity (Wildman–Crippen MR) is 75.3 cm³/mol. The number of rotatable bonds is 3. The zero-order valence-electron chi connectivity index (χ0n) is 10.0. The molecule has 2 aromatic rings. The smallest absolute Gasteiger partial charge is 0.238 e. The average molecular weight is 358 g/mol. The lowest BCUT2D eigenvalue weighted by Crippen LogP contribution is -2.13. The molecule has 20 heavy (non-hydrogen) atoms. The summed E-state index contributed by atoms with van der Waals surface area (Å²) in [6.07, 6.45) is 0. The maximum Gasteiger partial charge on any atom is 0.238 e. The summed E-state index contributed by atoms with van der Waals surface area (Å²) in [5, 5.41) is 5.00. The van der Waals surface area contributed by atoms with Crippen LogP contribution in [-0.2, 0) is 10.0 Å². The fraction of sp³-hybridized carbons (Fsp3) is 0. The van der Waals surface area contributed by atoms with Crippen molar-refractivity contribution in [3.8, 4) is 0 Å². The quantitative estimate of drug-likeness (QED) is 0.857. The molecule has 0 aliphatic heterocycles. The summed E-state index contributed by atoms with van der Waals surface area (Å²) < 4.78 is 35.5. The van der Waals surface area contributed by atoms with Crippen molar-refractivity contribution in [1.29, 1.82) is 0 Å². The summed E-state index contributed by atoms with van der Waals surface area (Å²) in [7, 11) is -3.83. The van der Waals surface area contributed by atoms with Crippen molar-refractivity contribution in [2.45, 2.75) is 4.90 Å². The van der Waals surface area contributed by atoms with Crippen molar-refractivity contribution in [3.05, 3.63) is 63.9 Å². The molecule has 0 bridgehead atoms. The van der Waals surface area contributed by atoms with Gasteiger partial charge in [0.05, 0.1) is 4.90 Å². The molecular weight excluding hydrogens is 349 g/mol. The molecule has 0 unspecified atom stereocenters. The van der Waals surface area contributed by atoms with E-state index in [1.54, 1.807) is 0 Å². The lowest BCUT2D eigenvalue weighted by atomic mass is 10.0. The zero-order chi connectivity index (χ0) is 14.9. The molecule has 0 spiro atoms. The molecule has 4 nitrogen and oxygen atoms in total. The Labute approximate surface area is 123 Å². The Morgan fingerprint density at radius 3 is 2.20 bits per heavy atom. The van der Waals surface area contributed by atoms with E-state index in [-0.39, 0.29) is 16.2 Å². The summed E-state index contributed by atoms with van der Waals surface area (Å²) in [5.41, 5.74) is 0.569. The van der Waals surface area contributed by atoms with Crippen LogP contribution in [0.5, 0.6) is 0 Å². The van der Waals surface area contributed by atoms with Gasteiger partial charge in [-0.2, -0.15) is 0 Å². The topological polar surface area (TPSA) is 77.2 Å². The molecule has 0 atom stereocenters. The number of halogens is 2. The summed E-state index contributed by atoms with van der Waals surface area (Å²) in [4.78, 5) is 12.1. The van der Waals surface area contributed by atoms with Gasteiger partial charge in [0.2, 0.25) is 10.0 Å². The third-order valence-corrected chi connectivity index (χ3v) is 4.19. The van der Waals surface area contributed by atoms with Gasteiger partial charge in [-0.1, -0.05) is 0 Å². The van der Waals surface area contributed by atoms with Crippen LogP contribution in [-0.4, -0.2) is 14.2 Å². The van der Waals surface area contributed by atoms with Crippen LogP contribution in [0.4, 0.5) is 4.39 Å². The van der Waals surface area contributed by atoms with Gasteiger partial charge in [0.15, 0.2) is 5.78 Å². The number of nitrogens with two attached hydrogens (primary N) is 1. The Morgan fingerprint density at radius 1 is 1.10 bits per heavy atom. The molecule has 0 aliphatic carbocycles. The number of sulfonamides is 1. The van der Waals surface area contributed by atoms with Crippen molar-refractivity contribution in [3.63, 3.8) is 0 Å². The fourth-order valence-electron chi connectivity index (χ4n) is 1.61. The molecular formula is C13H9BrFNO3S. The monoisotopic (exact) mass is 357 g/mol. The number of carbonyl (C=O) groups excluding carboxylic acids is 1. The van der Waals surface area contributed by atoms with E-state index in [0.717, 1.165) is 0 Å². The third kappa shape index (κ3) is 3.12. The molecule has 0 saturated heterocycles. The lowest BCUT2D eigenvalue weighted by Gasteiger charge is -2.06. The highest BCUT2D eigenvalue weighted by atomic mass is 79.9. The molecule has 0 aromatic heterocycles. The van der Waals surface area contributed by atoms with Crippen molar-refractivity contribution in [2.75, 3.05) is 0 Å². The van der Waals surface area contributed by atoms with Crippen molar-refractivity contribution < 1.29 is 17.6 Å². The Bertz CT molecular complexity index is 773. The summed E-state index contributed by atoms with van der Waals surface area (Å²) in [6, 6.07) is 8.94. The second-order valence-electron chi connectivity index (χ2n) is 4.02. The van der Waals surface area contributed by atoms with Gasteiger partial charge in [-0.3, -0.25) is 4.79 Å². The van der Waals surface area contributed by atoms with E-state index in [9.17, 15) is 17.6 Å². The lowest BCUT2D eigenvalue weighted by molar-refractivity contribution is 0.103. The number of carbonyl (C=O) groups is 1. The van der Waals surface area contributed by atoms with Crippen LogP contribution >= 0.6 is 15.9 Å². The third-order valence-electron chi connectivity index (χ3n) is 2.62. The van der Waals surface area contributed by atoms with E-state index >= 15 is 0 Å². The number of benzene rings is 2. The number of primary sulfonamides is 1. The summed E-state index contributed by atoms with van der Waals surface area (Å²) >= 11 is 3.14. The highest BCUT2D eigenvalue weighted by Crippen LogP contribution is 2.23. The van der Waals surface area contributed by atoms with Crippen LogP contribution < -0.4 is 5.14 Å². The first kappa shape index (κ1) is 14.8. The van der Waals surface area contributed by atoms with Gasteiger partial charge in [-0.05, 0) is 58.4 Å². The van der Waals surface area contributed by atoms with E-state index in [2.05, 4.69) is 15.9 Å². The van der Waals surface area contributed by atoms with E-state index in [4.69, 9.17) is 5.14 Å². The zero-order valence-corrected chi connectivity index (χ0v) is 12.4. The highest BCUT2D eigenvalue weighted by molar-refractivity contribution is 9.10. The molecule has 104 valence electrons. The molecule has 0 fully saturated rings. The standard InChI is InChI=1S/C13H9BrFNO3S/c14-12-7-10(20(16,18)19)5-6-11(12)13(17)8-1-3-9(15)4-2-8/h1-7H,(H2,16,18,19). The second kappa shape index (κ2) is 5.43. The Hall–Kier alpha value is -1.57. The first-order valence-corrected chi connectivity index (χ1v) is 7.75. The molecule has 2 aromatic carbocycles. The molecule has 0 heterocycles. The van der Waals surface area contributed by atoms with Crippen molar-refractivity contribution in [2.24, 2.45) is 5.14 Å². The van der Waals surface area contributed by atoms with E-state index in [1.807, 2.05) is 0 Å². The van der Waals surface area contributed by atoms with E-state index < -0.39 is 15.8 Å². The largest absolute Gasteiger partial charge is 0.289 e. The SMILES string of the molecule is NS(=O)(=O)c1ccc(C(=O)c2ccc(F)cc2)c(Br)c1. The van der Waals surface area contributed by atoms with Crippen molar-refractivity contribution in [1.82, 2.24) is 0 Å². The number of hydrogen-bond acceptors (Lipinski definition) is 3. The maximum atomic E-state index is 12.8. The predicted octanol–water partition coefficient (Wildman–Crippen LogP) is 2.47. The summed E-state index contributed by atoms with van der Waals surface area (Å²) in [5.74, 6) is -0.789. The average Bonchev–Trinajstić information content (AvgIpc) is 2.37. The second-order valence-corrected chi connectivity index (χ2v) is 6.44. The maximum absolute atomic E-state index is 12.8. The minimum absolute atomic E-state index is 0.0972. The van der Waals surface area contributed by atoms with Gasteiger partial charge in [0.25, 0.3) is 0 Å². The highest BCUT2D eigenvalue weighted by Gasteiger charge is 2.16. The molecule has 0 amide bonds. The van der Waals surface area contributed by atoms with Crippen LogP contribution in [0.2, 0.25) is 0 Å². The van der Waals surface area contributed by atoms with Gasteiger partial charge in [0.1, 0.15) is 5.82 Å². The van der Waals surface area contributed by atoms with Crippen LogP contribution in [0, 0.1) is 5.82 Å². The Kier molecular flexibility index (Phi) is 4.03. The Morgan fingerprint density at radius 2 is 1.70 bits per heavy atom. The fourth-order valence-corrected chi connectivity index (χ4v) is 2.86. The molecule has 0 aliphatic rings. The minimum atomic E-state index is -3.83. The van der Waals surface area contributed by atoms with Gasteiger partial charge in [-0.25, -0.2) is 17.9 Å². The molecule has 7 heteroatoms. The first-order chi connectivity index (χ1) is 9.29. The molecule has 2 rings (SSSR count). The van der Waals surface area contributed by atoms with Crippen LogP contribution in [0.15, 0.2) is 51.8 Å². The van der Waals surface area contributed by atoms with Crippen LogP contribution in [0.3, 0.4) is 0 Å². The van der Waals surface area contributed by atoms with Crippen LogP contribution in [0.1, 0.15) is 15.9 Å². The van der Waals surface area contributed by atoms with Gasteiger partial charge in [0, 0.05) is 15.6 Å². The molecule has 0 saturated carbocycles. The van der Waals surface area contributed by atoms with Crippen LogP contribution in [0.25, 0.3) is 0 Å². The van der Waals surface area contributed by atoms with Gasteiger partial charge < -0.3 is 0 Å². The normalized spacial score (nSPS) is 11.3. The first-order valence-electron chi connectivity index (χ1n) is 5.41.